The van der Waals surface area contributed by atoms with E-state index in [0.717, 1.165) is 43.9 Å². The van der Waals surface area contributed by atoms with Crippen LogP contribution in [0.15, 0.2) is 29.3 Å². The number of aliphatic imine (C=N–C) groups is 1. The zero-order valence-electron chi connectivity index (χ0n) is 14.5. The molecule has 2 rings (SSSR count). The molecule has 1 aliphatic heterocycles. The van der Waals surface area contributed by atoms with Crippen LogP contribution in [-0.4, -0.2) is 51.8 Å². The summed E-state index contributed by atoms with van der Waals surface area (Å²) in [4.78, 5) is 6.59. The van der Waals surface area contributed by atoms with Crippen molar-refractivity contribution in [2.45, 2.75) is 25.8 Å². The summed E-state index contributed by atoms with van der Waals surface area (Å²) in [6.07, 6.45) is 3.57. The predicted molar refractivity (Wildman–Crippen MR) is 94.0 cm³/mol. The minimum absolute atomic E-state index is 0.762. The van der Waals surface area contributed by atoms with E-state index in [9.17, 15) is 0 Å². The molecular formula is C18H29N3O2. The third-order valence-electron chi connectivity index (χ3n) is 4.40. The molecule has 0 spiro atoms. The molecule has 1 N–H and O–H groups in total. The molecule has 0 aromatic heterocycles. The summed E-state index contributed by atoms with van der Waals surface area (Å²) < 4.78 is 10.6. The van der Waals surface area contributed by atoms with Gasteiger partial charge in [-0.15, -0.1) is 0 Å². The van der Waals surface area contributed by atoms with Gasteiger partial charge in [0.1, 0.15) is 5.75 Å². The number of ether oxygens (including phenoxy) is 2. The van der Waals surface area contributed by atoms with Crippen molar-refractivity contribution < 1.29 is 9.47 Å². The van der Waals surface area contributed by atoms with Crippen molar-refractivity contribution in [3.63, 3.8) is 0 Å². The molecule has 0 bridgehead atoms. The highest BCUT2D eigenvalue weighted by molar-refractivity contribution is 5.79. The Morgan fingerprint density at radius 3 is 2.61 bits per heavy atom. The molecule has 0 radical (unpaired) electrons. The SMILES string of the molecule is CN=C(NCc1ccc(OC)cc1)N(C)CCC1CCOCC1. The van der Waals surface area contributed by atoms with Gasteiger partial charge in [0, 0.05) is 40.4 Å². The van der Waals surface area contributed by atoms with E-state index in [1.165, 1.54) is 24.8 Å². The number of hydrogen-bond acceptors (Lipinski definition) is 3. The lowest BCUT2D eigenvalue weighted by Gasteiger charge is -2.26. The van der Waals surface area contributed by atoms with E-state index in [-0.39, 0.29) is 0 Å². The molecule has 128 valence electrons. The van der Waals surface area contributed by atoms with E-state index < -0.39 is 0 Å². The quantitative estimate of drug-likeness (QED) is 0.646. The van der Waals surface area contributed by atoms with Crippen LogP contribution >= 0.6 is 0 Å². The van der Waals surface area contributed by atoms with Crippen molar-refractivity contribution >= 4 is 5.96 Å². The average Bonchev–Trinajstić information content (AvgIpc) is 2.62. The molecule has 1 aromatic rings. The Morgan fingerprint density at radius 2 is 2.00 bits per heavy atom. The van der Waals surface area contributed by atoms with E-state index >= 15 is 0 Å². The molecule has 1 saturated heterocycles. The number of benzene rings is 1. The Bertz CT molecular complexity index is 482. The van der Waals surface area contributed by atoms with Gasteiger partial charge in [0.25, 0.3) is 0 Å². The first-order valence-corrected chi connectivity index (χ1v) is 8.35. The summed E-state index contributed by atoms with van der Waals surface area (Å²) in [6, 6.07) is 8.10. The van der Waals surface area contributed by atoms with Crippen LogP contribution in [0.25, 0.3) is 0 Å². The van der Waals surface area contributed by atoms with Gasteiger partial charge in [0.2, 0.25) is 0 Å². The standard InChI is InChI=1S/C18H29N3O2/c1-19-18(20-14-16-4-6-17(22-3)7-5-16)21(2)11-8-15-9-12-23-13-10-15/h4-7,15H,8-14H2,1-3H3,(H,19,20). The fourth-order valence-electron chi connectivity index (χ4n) is 2.83. The van der Waals surface area contributed by atoms with Crippen LogP contribution in [0.4, 0.5) is 0 Å². The van der Waals surface area contributed by atoms with Crippen molar-refractivity contribution in [1.29, 1.82) is 0 Å². The van der Waals surface area contributed by atoms with Crippen LogP contribution in [0.5, 0.6) is 5.75 Å². The highest BCUT2D eigenvalue weighted by Crippen LogP contribution is 2.18. The second kappa shape index (κ2) is 9.40. The van der Waals surface area contributed by atoms with Crippen LogP contribution in [0, 0.1) is 5.92 Å². The Morgan fingerprint density at radius 1 is 1.30 bits per heavy atom. The first kappa shape index (κ1) is 17.6. The van der Waals surface area contributed by atoms with E-state index in [0.29, 0.717) is 0 Å². The predicted octanol–water partition coefficient (Wildman–Crippen LogP) is 2.52. The van der Waals surface area contributed by atoms with Gasteiger partial charge in [-0.2, -0.15) is 0 Å². The van der Waals surface area contributed by atoms with E-state index in [1.807, 2.05) is 19.2 Å². The molecule has 1 heterocycles. The van der Waals surface area contributed by atoms with Gasteiger partial charge in [-0.05, 0) is 42.9 Å². The van der Waals surface area contributed by atoms with Gasteiger partial charge in [-0.25, -0.2) is 0 Å². The lowest BCUT2D eigenvalue weighted by Crippen LogP contribution is -2.39. The summed E-state index contributed by atoms with van der Waals surface area (Å²) in [5, 5.41) is 3.42. The number of methoxy groups -OCH3 is 1. The molecule has 1 aromatic carbocycles. The normalized spacial score (nSPS) is 16.2. The zero-order chi connectivity index (χ0) is 16.5. The lowest BCUT2D eigenvalue weighted by atomic mass is 9.96. The van der Waals surface area contributed by atoms with Gasteiger partial charge in [0.15, 0.2) is 5.96 Å². The van der Waals surface area contributed by atoms with Crippen molar-refractivity contribution in [3.8, 4) is 5.75 Å². The second-order valence-electron chi connectivity index (χ2n) is 6.01. The highest BCUT2D eigenvalue weighted by atomic mass is 16.5. The molecule has 0 unspecified atom stereocenters. The molecule has 0 amide bonds. The number of guanidine groups is 1. The van der Waals surface area contributed by atoms with Crippen LogP contribution in [0.1, 0.15) is 24.8 Å². The fourth-order valence-corrected chi connectivity index (χ4v) is 2.83. The third-order valence-corrected chi connectivity index (χ3v) is 4.40. The van der Waals surface area contributed by atoms with Crippen molar-refractivity contribution in [2.75, 3.05) is 41.0 Å². The van der Waals surface area contributed by atoms with Gasteiger partial charge in [-0.1, -0.05) is 12.1 Å². The molecular weight excluding hydrogens is 290 g/mol. The van der Waals surface area contributed by atoms with Gasteiger partial charge in [0.05, 0.1) is 7.11 Å². The summed E-state index contributed by atoms with van der Waals surface area (Å²) in [6.45, 7) is 3.61. The van der Waals surface area contributed by atoms with E-state index in [2.05, 4.69) is 34.4 Å². The largest absolute Gasteiger partial charge is 0.497 e. The van der Waals surface area contributed by atoms with Crippen molar-refractivity contribution in [1.82, 2.24) is 10.2 Å². The summed E-state index contributed by atoms with van der Waals surface area (Å²) in [7, 11) is 5.62. The number of rotatable bonds is 6. The molecule has 1 aliphatic rings. The molecule has 1 fully saturated rings. The van der Waals surface area contributed by atoms with Gasteiger partial charge >= 0.3 is 0 Å². The maximum absolute atomic E-state index is 5.42. The summed E-state index contributed by atoms with van der Waals surface area (Å²) in [5.74, 6) is 2.60. The van der Waals surface area contributed by atoms with Crippen LogP contribution in [0.2, 0.25) is 0 Å². The maximum atomic E-state index is 5.42. The Balaban J connectivity index is 1.76. The topological polar surface area (TPSA) is 46.1 Å². The van der Waals surface area contributed by atoms with E-state index in [4.69, 9.17) is 9.47 Å². The molecule has 0 saturated carbocycles. The monoisotopic (exact) mass is 319 g/mol. The van der Waals surface area contributed by atoms with Gasteiger partial charge in [-0.3, -0.25) is 4.99 Å². The Kier molecular flexibility index (Phi) is 7.20. The smallest absolute Gasteiger partial charge is 0.193 e. The maximum Gasteiger partial charge on any atom is 0.193 e. The molecule has 5 nitrogen and oxygen atoms in total. The Labute approximate surface area is 139 Å². The number of nitrogens with zero attached hydrogens (tertiary/aromatic N) is 2. The molecule has 0 atom stereocenters. The minimum atomic E-state index is 0.762. The van der Waals surface area contributed by atoms with Crippen LogP contribution in [0.3, 0.4) is 0 Å². The number of nitrogens with one attached hydrogen (secondary N) is 1. The molecule has 5 heteroatoms. The first-order valence-electron chi connectivity index (χ1n) is 8.35. The van der Waals surface area contributed by atoms with E-state index in [1.54, 1.807) is 7.11 Å². The van der Waals surface area contributed by atoms with Crippen molar-refractivity contribution in [3.05, 3.63) is 29.8 Å². The average molecular weight is 319 g/mol. The first-order chi connectivity index (χ1) is 11.2. The fraction of sp³-hybridized carbons (Fsp3) is 0.611. The third kappa shape index (κ3) is 5.75. The molecule has 0 aliphatic carbocycles. The summed E-state index contributed by atoms with van der Waals surface area (Å²) in [5.41, 5.74) is 1.21. The number of hydrogen-bond donors (Lipinski definition) is 1. The lowest BCUT2D eigenvalue weighted by molar-refractivity contribution is 0.0625. The summed E-state index contributed by atoms with van der Waals surface area (Å²) >= 11 is 0. The minimum Gasteiger partial charge on any atom is -0.497 e. The second-order valence-corrected chi connectivity index (χ2v) is 6.01. The zero-order valence-corrected chi connectivity index (χ0v) is 14.5. The van der Waals surface area contributed by atoms with Gasteiger partial charge < -0.3 is 19.7 Å². The van der Waals surface area contributed by atoms with Crippen molar-refractivity contribution in [2.24, 2.45) is 10.9 Å². The van der Waals surface area contributed by atoms with Crippen LogP contribution in [-0.2, 0) is 11.3 Å². The van der Waals surface area contributed by atoms with Crippen LogP contribution < -0.4 is 10.1 Å². The molecule has 23 heavy (non-hydrogen) atoms. The highest BCUT2D eigenvalue weighted by Gasteiger charge is 2.15. The Hall–Kier alpha value is -1.75.